The first-order chi connectivity index (χ1) is 9.50. The van der Waals surface area contributed by atoms with Gasteiger partial charge in [0.2, 0.25) is 0 Å². The van der Waals surface area contributed by atoms with Crippen molar-refractivity contribution in [1.82, 2.24) is 15.1 Å². The molecule has 2 N–H and O–H groups in total. The van der Waals surface area contributed by atoms with Gasteiger partial charge in [0.1, 0.15) is 6.04 Å². The molecule has 5 heteroatoms. The van der Waals surface area contributed by atoms with E-state index >= 15 is 0 Å². The molecule has 0 aliphatic rings. The fourth-order valence-electron chi connectivity index (χ4n) is 2.20. The van der Waals surface area contributed by atoms with Gasteiger partial charge < -0.3 is 5.11 Å². The number of aryl methyl sites for hydroxylation is 2. The summed E-state index contributed by atoms with van der Waals surface area (Å²) in [5.41, 5.74) is 4.15. The minimum Gasteiger partial charge on any atom is -0.480 e. The van der Waals surface area contributed by atoms with Gasteiger partial charge >= 0.3 is 5.97 Å². The molecule has 0 saturated carbocycles. The molecule has 0 aliphatic carbocycles. The minimum atomic E-state index is -0.904. The second-order valence-corrected chi connectivity index (χ2v) is 4.89. The number of aliphatic carboxylic acids is 1. The first-order valence-electron chi connectivity index (χ1n) is 6.50. The predicted molar refractivity (Wildman–Crippen MR) is 76.3 cm³/mol. The maximum Gasteiger partial charge on any atom is 0.326 e. The lowest BCUT2D eigenvalue weighted by atomic mass is 10.0. The van der Waals surface area contributed by atoms with Gasteiger partial charge in [-0.2, -0.15) is 5.10 Å². The van der Waals surface area contributed by atoms with Crippen molar-refractivity contribution in [3.8, 4) is 0 Å². The molecule has 20 heavy (non-hydrogen) atoms. The summed E-state index contributed by atoms with van der Waals surface area (Å²) in [5, 5.41) is 16.5. The van der Waals surface area contributed by atoms with Gasteiger partial charge in [0.15, 0.2) is 0 Å². The molecule has 5 nitrogen and oxygen atoms in total. The van der Waals surface area contributed by atoms with Crippen LogP contribution in [0.25, 0.3) is 0 Å². The van der Waals surface area contributed by atoms with E-state index in [1.165, 1.54) is 11.1 Å². The summed E-state index contributed by atoms with van der Waals surface area (Å²) in [7, 11) is 1.74. The highest BCUT2D eigenvalue weighted by atomic mass is 16.4. The van der Waals surface area contributed by atoms with Crippen LogP contribution in [0.3, 0.4) is 0 Å². The number of carboxylic acid groups (broad SMARTS) is 1. The second-order valence-electron chi connectivity index (χ2n) is 4.89. The minimum absolute atomic E-state index is 0.510. The SMILES string of the molecule is Cc1cccc(CNC(C(=O)O)c2ccnn2C)c1C. The van der Waals surface area contributed by atoms with Crippen molar-refractivity contribution in [2.75, 3.05) is 0 Å². The van der Waals surface area contributed by atoms with Crippen molar-refractivity contribution in [3.63, 3.8) is 0 Å². The number of nitrogens with one attached hydrogen (secondary N) is 1. The molecule has 1 atom stereocenters. The summed E-state index contributed by atoms with van der Waals surface area (Å²) >= 11 is 0. The molecular weight excluding hydrogens is 254 g/mol. The van der Waals surface area contributed by atoms with Gasteiger partial charge in [-0.15, -0.1) is 0 Å². The summed E-state index contributed by atoms with van der Waals surface area (Å²) in [4.78, 5) is 11.4. The summed E-state index contributed by atoms with van der Waals surface area (Å²) in [5.74, 6) is -0.904. The molecule has 1 unspecified atom stereocenters. The Kier molecular flexibility index (Phi) is 4.20. The Morgan fingerprint density at radius 3 is 2.75 bits per heavy atom. The van der Waals surface area contributed by atoms with E-state index in [-0.39, 0.29) is 0 Å². The third kappa shape index (κ3) is 2.88. The number of hydrogen-bond acceptors (Lipinski definition) is 3. The summed E-state index contributed by atoms with van der Waals surface area (Å²) < 4.78 is 1.58. The van der Waals surface area contributed by atoms with Gasteiger partial charge in [-0.1, -0.05) is 18.2 Å². The number of rotatable bonds is 5. The standard InChI is InChI=1S/C15H19N3O2/c1-10-5-4-6-12(11(10)2)9-16-14(15(19)20)13-7-8-17-18(13)3/h4-8,14,16H,9H2,1-3H3,(H,19,20). The van der Waals surface area contributed by atoms with E-state index in [9.17, 15) is 9.90 Å². The molecule has 106 valence electrons. The number of hydrogen-bond donors (Lipinski definition) is 2. The van der Waals surface area contributed by atoms with Crippen molar-refractivity contribution >= 4 is 5.97 Å². The molecule has 1 aromatic carbocycles. The van der Waals surface area contributed by atoms with Gasteiger partial charge in [0, 0.05) is 19.8 Å². The lowest BCUT2D eigenvalue weighted by molar-refractivity contribution is -0.139. The largest absolute Gasteiger partial charge is 0.480 e. The van der Waals surface area contributed by atoms with E-state index in [0.717, 1.165) is 5.56 Å². The monoisotopic (exact) mass is 273 g/mol. The van der Waals surface area contributed by atoms with Gasteiger partial charge in [-0.05, 0) is 36.6 Å². The molecule has 0 bridgehead atoms. The van der Waals surface area contributed by atoms with Crippen LogP contribution >= 0.6 is 0 Å². The van der Waals surface area contributed by atoms with Crippen LogP contribution in [0.4, 0.5) is 0 Å². The quantitative estimate of drug-likeness (QED) is 0.874. The first kappa shape index (κ1) is 14.3. The van der Waals surface area contributed by atoms with Crippen LogP contribution in [0.15, 0.2) is 30.5 Å². The zero-order valence-corrected chi connectivity index (χ0v) is 11.9. The number of nitrogens with zero attached hydrogens (tertiary/aromatic N) is 2. The topological polar surface area (TPSA) is 67.2 Å². The maximum atomic E-state index is 11.4. The molecule has 0 saturated heterocycles. The van der Waals surface area contributed by atoms with Crippen molar-refractivity contribution in [2.45, 2.75) is 26.4 Å². The predicted octanol–water partition coefficient (Wildman–Crippen LogP) is 1.95. The van der Waals surface area contributed by atoms with E-state index in [1.54, 1.807) is 24.0 Å². The highest BCUT2D eigenvalue weighted by Crippen LogP contribution is 2.16. The number of carboxylic acids is 1. The Morgan fingerprint density at radius 2 is 2.15 bits per heavy atom. The summed E-state index contributed by atoms with van der Waals surface area (Å²) in [6.45, 7) is 4.61. The highest BCUT2D eigenvalue weighted by molar-refractivity contribution is 5.74. The molecule has 0 amide bonds. The van der Waals surface area contributed by atoms with E-state index in [4.69, 9.17) is 0 Å². The van der Waals surface area contributed by atoms with Gasteiger partial charge in [-0.3, -0.25) is 14.8 Å². The Morgan fingerprint density at radius 1 is 1.40 bits per heavy atom. The van der Waals surface area contributed by atoms with Gasteiger partial charge in [-0.25, -0.2) is 0 Å². The second kappa shape index (κ2) is 5.88. The number of aromatic nitrogens is 2. The van der Waals surface area contributed by atoms with Crippen molar-refractivity contribution in [1.29, 1.82) is 0 Å². The van der Waals surface area contributed by atoms with Crippen LogP contribution in [0.1, 0.15) is 28.4 Å². The maximum absolute atomic E-state index is 11.4. The molecule has 2 rings (SSSR count). The molecule has 2 aromatic rings. The first-order valence-corrected chi connectivity index (χ1v) is 6.50. The molecule has 0 spiro atoms. The van der Waals surface area contributed by atoms with Crippen LogP contribution in [0.5, 0.6) is 0 Å². The molecular formula is C15H19N3O2. The molecule has 1 aromatic heterocycles. The Labute approximate surface area is 118 Å². The summed E-state index contributed by atoms with van der Waals surface area (Å²) in [6.07, 6.45) is 1.60. The van der Waals surface area contributed by atoms with E-state index in [0.29, 0.717) is 12.2 Å². The van der Waals surface area contributed by atoms with Crippen LogP contribution in [0, 0.1) is 13.8 Å². The molecule has 0 aliphatic heterocycles. The number of carbonyl (C=O) groups is 1. The Bertz CT molecular complexity index is 619. The van der Waals surface area contributed by atoms with E-state index in [2.05, 4.69) is 23.4 Å². The Balaban J connectivity index is 2.17. The zero-order chi connectivity index (χ0) is 14.7. The third-order valence-corrected chi connectivity index (χ3v) is 3.62. The molecule has 1 heterocycles. The van der Waals surface area contributed by atoms with Gasteiger partial charge in [0.05, 0.1) is 5.69 Å². The van der Waals surface area contributed by atoms with Gasteiger partial charge in [0.25, 0.3) is 0 Å². The average Bonchev–Trinajstić information content (AvgIpc) is 2.81. The average molecular weight is 273 g/mol. The van der Waals surface area contributed by atoms with Crippen molar-refractivity contribution in [3.05, 3.63) is 52.8 Å². The fourth-order valence-corrected chi connectivity index (χ4v) is 2.20. The van der Waals surface area contributed by atoms with Crippen molar-refractivity contribution in [2.24, 2.45) is 7.05 Å². The molecule has 0 radical (unpaired) electrons. The van der Waals surface area contributed by atoms with Crippen molar-refractivity contribution < 1.29 is 9.90 Å². The highest BCUT2D eigenvalue weighted by Gasteiger charge is 2.22. The summed E-state index contributed by atoms with van der Waals surface area (Å²) in [6, 6.07) is 7.00. The zero-order valence-electron chi connectivity index (χ0n) is 11.9. The van der Waals surface area contributed by atoms with Crippen LogP contribution in [-0.2, 0) is 18.4 Å². The van der Waals surface area contributed by atoms with Crippen LogP contribution < -0.4 is 5.32 Å². The lowest BCUT2D eigenvalue weighted by Gasteiger charge is -2.16. The Hall–Kier alpha value is -2.14. The smallest absolute Gasteiger partial charge is 0.326 e. The van der Waals surface area contributed by atoms with Crippen LogP contribution in [0.2, 0.25) is 0 Å². The normalized spacial score (nSPS) is 12.3. The number of benzene rings is 1. The molecule has 0 fully saturated rings. The van der Waals surface area contributed by atoms with E-state index < -0.39 is 12.0 Å². The third-order valence-electron chi connectivity index (χ3n) is 3.62. The van der Waals surface area contributed by atoms with E-state index in [1.807, 2.05) is 19.1 Å². The van der Waals surface area contributed by atoms with Crippen LogP contribution in [-0.4, -0.2) is 20.9 Å². The lowest BCUT2D eigenvalue weighted by Crippen LogP contribution is -2.30. The fraction of sp³-hybridized carbons (Fsp3) is 0.333.